The van der Waals surface area contributed by atoms with Crippen LogP contribution in [0.3, 0.4) is 0 Å². The van der Waals surface area contributed by atoms with Gasteiger partial charge in [0.1, 0.15) is 0 Å². The number of benzene rings is 2. The van der Waals surface area contributed by atoms with Gasteiger partial charge in [0.2, 0.25) is 15.9 Å². The van der Waals surface area contributed by atoms with Gasteiger partial charge in [-0.1, -0.05) is 25.5 Å². The maximum absolute atomic E-state index is 12.7. The van der Waals surface area contributed by atoms with E-state index in [2.05, 4.69) is 15.2 Å². The number of hydrogen-bond donors (Lipinski definition) is 2. The second kappa shape index (κ2) is 8.44. The number of nitrogens with one attached hydrogen (secondary N) is 1. The van der Waals surface area contributed by atoms with Gasteiger partial charge in [0.05, 0.1) is 15.3 Å². The number of hydrogen-bond acceptors (Lipinski definition) is 7. The predicted molar refractivity (Wildman–Crippen MR) is 117 cm³/mol. The quantitative estimate of drug-likeness (QED) is 0.304. The van der Waals surface area contributed by atoms with Crippen molar-refractivity contribution in [2.45, 2.75) is 32.6 Å². The third-order valence-electron chi connectivity index (χ3n) is 4.95. The number of rotatable bonds is 7. The van der Waals surface area contributed by atoms with Crippen molar-refractivity contribution >= 4 is 38.0 Å². The molecule has 0 atom stereocenters. The van der Waals surface area contributed by atoms with Gasteiger partial charge in [-0.05, 0) is 37.6 Å². The van der Waals surface area contributed by atoms with Crippen molar-refractivity contribution in [2.24, 2.45) is 10.2 Å². The van der Waals surface area contributed by atoms with E-state index >= 15 is 0 Å². The van der Waals surface area contributed by atoms with Crippen LogP contribution in [-0.2, 0) is 10.0 Å². The van der Waals surface area contributed by atoms with Crippen LogP contribution < -0.4 is 0 Å². The Labute approximate surface area is 179 Å². The summed E-state index contributed by atoms with van der Waals surface area (Å²) in [5.41, 5.74) is 2.08. The lowest BCUT2D eigenvalue weighted by Crippen LogP contribution is -2.30. The second-order valence-corrected chi connectivity index (χ2v) is 8.96. The summed E-state index contributed by atoms with van der Waals surface area (Å²) in [6, 6.07) is 7.24. The molecule has 1 aromatic heterocycles. The fraction of sp³-hybridized carbons (Fsp3) is 0.300. The van der Waals surface area contributed by atoms with Gasteiger partial charge in [-0.25, -0.2) is 8.42 Å². The largest absolute Gasteiger partial charge is 0.493 e. The molecule has 0 saturated heterocycles. The zero-order valence-corrected chi connectivity index (χ0v) is 18.4. The first-order valence-electron chi connectivity index (χ1n) is 9.62. The van der Waals surface area contributed by atoms with Crippen LogP contribution in [0, 0.1) is 24.0 Å². The molecule has 0 aliphatic rings. The molecular weight excluding hydrogens is 422 g/mol. The van der Waals surface area contributed by atoms with E-state index in [0.717, 1.165) is 17.2 Å². The average molecular weight is 446 g/mol. The van der Waals surface area contributed by atoms with Crippen LogP contribution in [0.25, 0.3) is 10.9 Å². The minimum Gasteiger partial charge on any atom is -0.493 e. The highest BCUT2D eigenvalue weighted by molar-refractivity contribution is 7.89. The number of nitro benzene ring substituents is 1. The molecule has 0 fully saturated rings. The molecular formula is C20H23N5O5S. The maximum atomic E-state index is 12.7. The van der Waals surface area contributed by atoms with Crippen molar-refractivity contribution < 1.29 is 18.4 Å². The van der Waals surface area contributed by atoms with E-state index in [4.69, 9.17) is 0 Å². The summed E-state index contributed by atoms with van der Waals surface area (Å²) in [5, 5.41) is 30.4. The van der Waals surface area contributed by atoms with Crippen molar-refractivity contribution in [3.63, 3.8) is 0 Å². The average Bonchev–Trinajstić information content (AvgIpc) is 3.02. The molecule has 2 aromatic carbocycles. The number of aromatic amines is 1. The number of aryl methyl sites for hydroxylation is 2. The molecule has 3 rings (SSSR count). The van der Waals surface area contributed by atoms with Crippen LogP contribution in [0.4, 0.5) is 17.1 Å². The topological polar surface area (TPSA) is 141 Å². The SMILES string of the molecule is CCN(CC)S(=O)(=O)c1ccc(N=Nc2c(O)[nH]c3c(C)cc(C)cc23)c([N+](=O)[O-])c1. The van der Waals surface area contributed by atoms with E-state index in [0.29, 0.717) is 10.9 Å². The fourth-order valence-corrected chi connectivity index (χ4v) is 4.92. The number of H-pyrrole nitrogens is 1. The summed E-state index contributed by atoms with van der Waals surface area (Å²) in [6.07, 6.45) is 0. The van der Waals surface area contributed by atoms with Crippen LogP contribution >= 0.6 is 0 Å². The van der Waals surface area contributed by atoms with Crippen LogP contribution in [0.5, 0.6) is 5.88 Å². The van der Waals surface area contributed by atoms with E-state index in [1.807, 2.05) is 26.0 Å². The molecule has 0 aliphatic heterocycles. The number of sulfonamides is 1. The third kappa shape index (κ3) is 4.14. The van der Waals surface area contributed by atoms with Gasteiger partial charge in [0, 0.05) is 24.5 Å². The standard InChI is InChI=1S/C20H23N5O5S/c1-5-24(6-2)31(29,30)14-7-8-16(17(11-14)25(27)28)22-23-19-15-10-12(3)9-13(4)18(15)21-20(19)26/h7-11,21,26H,5-6H2,1-4H3. The number of aromatic hydroxyl groups is 1. The van der Waals surface area contributed by atoms with E-state index in [1.165, 1.54) is 16.4 Å². The minimum atomic E-state index is -3.87. The first-order chi connectivity index (χ1) is 14.6. The Hall–Kier alpha value is -3.31. The number of fused-ring (bicyclic) bond motifs is 1. The number of nitro groups is 1. The van der Waals surface area contributed by atoms with Crippen LogP contribution in [-0.4, -0.2) is 40.8 Å². The molecule has 0 spiro atoms. The molecule has 31 heavy (non-hydrogen) atoms. The Bertz CT molecular complexity index is 1290. The van der Waals surface area contributed by atoms with Gasteiger partial charge in [0.15, 0.2) is 11.4 Å². The van der Waals surface area contributed by atoms with Gasteiger partial charge in [-0.3, -0.25) is 10.1 Å². The molecule has 164 valence electrons. The Morgan fingerprint density at radius 3 is 2.42 bits per heavy atom. The normalized spacial score (nSPS) is 12.3. The molecule has 0 aliphatic carbocycles. The highest BCUT2D eigenvalue weighted by Crippen LogP contribution is 2.39. The van der Waals surface area contributed by atoms with Crippen LogP contribution in [0.2, 0.25) is 0 Å². The fourth-order valence-electron chi connectivity index (χ4n) is 3.44. The van der Waals surface area contributed by atoms with Crippen LogP contribution in [0.1, 0.15) is 25.0 Å². The summed E-state index contributed by atoms with van der Waals surface area (Å²) in [7, 11) is -3.87. The van der Waals surface area contributed by atoms with Crippen molar-refractivity contribution in [1.29, 1.82) is 0 Å². The molecule has 2 N–H and O–H groups in total. The summed E-state index contributed by atoms with van der Waals surface area (Å²) in [4.78, 5) is 13.5. The number of azo groups is 1. The van der Waals surface area contributed by atoms with E-state index in [1.54, 1.807) is 13.8 Å². The minimum absolute atomic E-state index is 0.123. The van der Waals surface area contributed by atoms with Gasteiger partial charge < -0.3 is 10.1 Å². The van der Waals surface area contributed by atoms with Gasteiger partial charge in [0.25, 0.3) is 5.69 Å². The van der Waals surface area contributed by atoms with Crippen molar-refractivity contribution in [1.82, 2.24) is 9.29 Å². The molecule has 3 aromatic rings. The first-order valence-corrected chi connectivity index (χ1v) is 11.1. The molecule has 0 radical (unpaired) electrons. The van der Waals surface area contributed by atoms with E-state index in [9.17, 15) is 23.6 Å². The summed E-state index contributed by atoms with van der Waals surface area (Å²) >= 11 is 0. The van der Waals surface area contributed by atoms with Crippen LogP contribution in [0.15, 0.2) is 45.5 Å². The second-order valence-electron chi connectivity index (χ2n) is 7.02. The van der Waals surface area contributed by atoms with E-state index in [-0.39, 0.29) is 35.2 Å². The lowest BCUT2D eigenvalue weighted by molar-refractivity contribution is -0.384. The van der Waals surface area contributed by atoms with Gasteiger partial charge >= 0.3 is 0 Å². The number of nitrogens with zero attached hydrogens (tertiary/aromatic N) is 4. The monoisotopic (exact) mass is 445 g/mol. The predicted octanol–water partition coefficient (Wildman–Crippen LogP) is 4.84. The summed E-state index contributed by atoms with van der Waals surface area (Å²) < 4.78 is 26.6. The summed E-state index contributed by atoms with van der Waals surface area (Å²) in [6.45, 7) is 7.65. The maximum Gasteiger partial charge on any atom is 0.298 e. The Morgan fingerprint density at radius 1 is 1.13 bits per heavy atom. The lowest BCUT2D eigenvalue weighted by atomic mass is 10.1. The number of aromatic nitrogens is 1. The van der Waals surface area contributed by atoms with Gasteiger partial charge in [-0.15, -0.1) is 10.2 Å². The first kappa shape index (κ1) is 22.4. The molecule has 1 heterocycles. The Kier molecular flexibility index (Phi) is 6.09. The highest BCUT2D eigenvalue weighted by Gasteiger charge is 2.26. The van der Waals surface area contributed by atoms with E-state index < -0.39 is 20.6 Å². The summed E-state index contributed by atoms with van der Waals surface area (Å²) in [5.74, 6) is -0.212. The lowest BCUT2D eigenvalue weighted by Gasteiger charge is -2.18. The Morgan fingerprint density at radius 2 is 1.81 bits per heavy atom. The zero-order chi connectivity index (χ0) is 22.9. The van der Waals surface area contributed by atoms with Crippen molar-refractivity contribution in [2.75, 3.05) is 13.1 Å². The molecule has 0 bridgehead atoms. The Balaban J connectivity index is 2.09. The molecule has 0 unspecified atom stereocenters. The molecule has 11 heteroatoms. The molecule has 10 nitrogen and oxygen atoms in total. The van der Waals surface area contributed by atoms with Gasteiger partial charge in [-0.2, -0.15) is 4.31 Å². The third-order valence-corrected chi connectivity index (χ3v) is 6.99. The van der Waals surface area contributed by atoms with Crippen molar-refractivity contribution in [3.05, 3.63) is 51.6 Å². The van der Waals surface area contributed by atoms with Crippen molar-refractivity contribution in [3.8, 4) is 5.88 Å². The molecule has 0 saturated carbocycles. The highest BCUT2D eigenvalue weighted by atomic mass is 32.2. The zero-order valence-electron chi connectivity index (χ0n) is 17.6. The smallest absolute Gasteiger partial charge is 0.298 e. The molecule has 0 amide bonds.